The van der Waals surface area contributed by atoms with Gasteiger partial charge in [0.1, 0.15) is 12.4 Å². The molecule has 1 fully saturated rings. The van der Waals surface area contributed by atoms with Crippen LogP contribution in [0.25, 0.3) is 11.0 Å². The number of hydrogen-bond acceptors (Lipinski definition) is 4. The van der Waals surface area contributed by atoms with E-state index in [-0.39, 0.29) is 11.8 Å². The molecule has 2 heterocycles. The Morgan fingerprint density at radius 1 is 0.886 bits per heavy atom. The average Bonchev–Trinajstić information content (AvgIpc) is 3.45. The molecule has 1 saturated heterocycles. The largest absolute Gasteiger partial charge is 0.490 e. The van der Waals surface area contributed by atoms with Crippen LogP contribution in [0.5, 0.6) is 11.5 Å². The zero-order chi connectivity index (χ0) is 24.0. The van der Waals surface area contributed by atoms with Crippen molar-refractivity contribution in [2.24, 2.45) is 0 Å². The monoisotopic (exact) mass is 469 g/mol. The van der Waals surface area contributed by atoms with Crippen molar-refractivity contribution in [3.05, 3.63) is 90.3 Å². The molecule has 0 bridgehead atoms. The molecule has 0 N–H and O–H groups in total. The highest BCUT2D eigenvalue weighted by Gasteiger charge is 2.33. The third-order valence-electron chi connectivity index (χ3n) is 6.50. The van der Waals surface area contributed by atoms with E-state index in [2.05, 4.69) is 22.8 Å². The number of aromatic nitrogens is 2. The minimum absolute atomic E-state index is 0.0707. The van der Waals surface area contributed by atoms with Crippen LogP contribution in [0.4, 0.5) is 0 Å². The van der Waals surface area contributed by atoms with E-state index in [0.29, 0.717) is 32.7 Å². The third kappa shape index (κ3) is 5.16. The van der Waals surface area contributed by atoms with Crippen molar-refractivity contribution in [2.75, 3.05) is 26.3 Å². The molecule has 1 unspecified atom stereocenters. The summed E-state index contributed by atoms with van der Waals surface area (Å²) in [5.74, 6) is 2.72. The predicted molar refractivity (Wildman–Crippen MR) is 137 cm³/mol. The first-order chi connectivity index (χ1) is 17.2. The summed E-state index contributed by atoms with van der Waals surface area (Å²) in [6.07, 6.45) is 1.36. The molecule has 180 valence electrons. The highest BCUT2D eigenvalue weighted by molar-refractivity contribution is 5.81. The second-order valence-electron chi connectivity index (χ2n) is 8.81. The van der Waals surface area contributed by atoms with Crippen LogP contribution < -0.4 is 9.47 Å². The van der Waals surface area contributed by atoms with Gasteiger partial charge in [0.15, 0.2) is 11.5 Å². The first-order valence-electron chi connectivity index (χ1n) is 12.3. The number of para-hydroxylation sites is 4. The normalized spacial score (nSPS) is 15.6. The highest BCUT2D eigenvalue weighted by atomic mass is 16.5. The molecule has 1 aliphatic heterocycles. The van der Waals surface area contributed by atoms with Crippen LogP contribution in [0.2, 0.25) is 0 Å². The van der Waals surface area contributed by atoms with Crippen molar-refractivity contribution in [2.45, 2.75) is 32.2 Å². The van der Waals surface area contributed by atoms with Gasteiger partial charge in [-0.15, -0.1) is 0 Å². The van der Waals surface area contributed by atoms with Crippen LogP contribution >= 0.6 is 0 Å². The molecule has 1 aliphatic rings. The molecule has 1 aromatic heterocycles. The maximum atomic E-state index is 12.9. The number of ether oxygens (including phenoxy) is 2. The number of imidazole rings is 1. The molecule has 4 aromatic rings. The van der Waals surface area contributed by atoms with E-state index in [4.69, 9.17) is 14.5 Å². The van der Waals surface area contributed by atoms with Gasteiger partial charge in [-0.1, -0.05) is 54.6 Å². The lowest BCUT2D eigenvalue weighted by Crippen LogP contribution is -2.27. The van der Waals surface area contributed by atoms with Crippen LogP contribution in [0, 0.1) is 0 Å². The number of fused-ring (bicyclic) bond motifs is 1. The summed E-state index contributed by atoms with van der Waals surface area (Å²) in [6, 6.07) is 26.2. The SMILES string of the molecule is CCOc1ccccc1OCCn1c(C2CC(=O)N(CCc3ccccc3)C2)nc2ccccc21. The van der Waals surface area contributed by atoms with Gasteiger partial charge >= 0.3 is 0 Å². The molecule has 0 saturated carbocycles. The Bertz CT molecular complexity index is 1280. The Labute approximate surface area is 206 Å². The summed E-state index contributed by atoms with van der Waals surface area (Å²) < 4.78 is 14.0. The molecule has 0 spiro atoms. The van der Waals surface area contributed by atoms with Crippen molar-refractivity contribution in [1.29, 1.82) is 0 Å². The van der Waals surface area contributed by atoms with Gasteiger partial charge < -0.3 is 18.9 Å². The number of nitrogens with zero attached hydrogens (tertiary/aromatic N) is 3. The van der Waals surface area contributed by atoms with Crippen molar-refractivity contribution in [3.8, 4) is 11.5 Å². The van der Waals surface area contributed by atoms with Gasteiger partial charge in [-0.05, 0) is 43.2 Å². The fourth-order valence-corrected chi connectivity index (χ4v) is 4.80. The van der Waals surface area contributed by atoms with Gasteiger partial charge in [0, 0.05) is 25.4 Å². The van der Waals surface area contributed by atoms with E-state index >= 15 is 0 Å². The van der Waals surface area contributed by atoms with Gasteiger partial charge in [0.25, 0.3) is 0 Å². The van der Waals surface area contributed by atoms with Crippen LogP contribution in [-0.2, 0) is 17.8 Å². The summed E-state index contributed by atoms with van der Waals surface area (Å²) in [4.78, 5) is 19.8. The van der Waals surface area contributed by atoms with Gasteiger partial charge in [-0.25, -0.2) is 4.98 Å². The maximum Gasteiger partial charge on any atom is 0.223 e. The Morgan fingerprint density at radius 3 is 2.40 bits per heavy atom. The molecular formula is C29H31N3O3. The van der Waals surface area contributed by atoms with Crippen LogP contribution in [0.3, 0.4) is 0 Å². The lowest BCUT2D eigenvalue weighted by molar-refractivity contribution is -0.127. The van der Waals surface area contributed by atoms with E-state index < -0.39 is 0 Å². The smallest absolute Gasteiger partial charge is 0.223 e. The number of hydrogen-bond donors (Lipinski definition) is 0. The first kappa shape index (κ1) is 23.0. The number of amides is 1. The Balaban J connectivity index is 1.31. The quantitative estimate of drug-likeness (QED) is 0.325. The van der Waals surface area contributed by atoms with E-state index in [1.54, 1.807) is 0 Å². The molecular weight excluding hydrogens is 438 g/mol. The summed E-state index contributed by atoms with van der Waals surface area (Å²) in [5, 5.41) is 0. The predicted octanol–water partition coefficient (Wildman–Crippen LogP) is 5.07. The third-order valence-corrected chi connectivity index (χ3v) is 6.50. The standard InChI is InChI=1S/C29H31N3O3/c1-2-34-26-14-8-9-15-27(26)35-19-18-32-25-13-7-6-12-24(25)30-29(32)23-20-28(33)31(21-23)17-16-22-10-4-3-5-11-22/h3-15,23H,2,16-21H2,1H3. The van der Waals surface area contributed by atoms with Crippen molar-refractivity contribution < 1.29 is 14.3 Å². The molecule has 5 rings (SSSR count). The van der Waals surface area contributed by atoms with Crippen molar-refractivity contribution in [1.82, 2.24) is 14.5 Å². The van der Waals surface area contributed by atoms with Crippen molar-refractivity contribution in [3.63, 3.8) is 0 Å². The van der Waals surface area contributed by atoms with Gasteiger partial charge in [0.05, 0.1) is 24.2 Å². The fraction of sp³-hybridized carbons (Fsp3) is 0.310. The van der Waals surface area contributed by atoms with Gasteiger partial charge in [0.2, 0.25) is 5.91 Å². The Hall–Kier alpha value is -3.80. The molecule has 6 heteroatoms. The lowest BCUT2D eigenvalue weighted by Gasteiger charge is -2.18. The minimum Gasteiger partial charge on any atom is -0.490 e. The molecule has 6 nitrogen and oxygen atoms in total. The molecule has 0 radical (unpaired) electrons. The lowest BCUT2D eigenvalue weighted by atomic mass is 10.1. The zero-order valence-corrected chi connectivity index (χ0v) is 20.1. The highest BCUT2D eigenvalue weighted by Crippen LogP contribution is 2.31. The van der Waals surface area contributed by atoms with E-state index in [9.17, 15) is 4.79 Å². The summed E-state index contributed by atoms with van der Waals surface area (Å²) >= 11 is 0. The van der Waals surface area contributed by atoms with Crippen LogP contribution in [0.15, 0.2) is 78.9 Å². The fourth-order valence-electron chi connectivity index (χ4n) is 4.80. The summed E-state index contributed by atoms with van der Waals surface area (Å²) in [6.45, 7) is 5.11. The van der Waals surface area contributed by atoms with Gasteiger partial charge in [-0.2, -0.15) is 0 Å². The molecule has 3 aromatic carbocycles. The minimum atomic E-state index is 0.0707. The van der Waals surface area contributed by atoms with E-state index in [0.717, 1.165) is 41.3 Å². The molecule has 35 heavy (non-hydrogen) atoms. The number of likely N-dealkylation sites (tertiary alicyclic amines) is 1. The number of carbonyl (C=O) groups excluding carboxylic acids is 1. The Kier molecular flexibility index (Phi) is 6.98. The van der Waals surface area contributed by atoms with Gasteiger partial charge in [-0.3, -0.25) is 4.79 Å². The molecule has 1 amide bonds. The van der Waals surface area contributed by atoms with E-state index in [1.165, 1.54) is 5.56 Å². The summed E-state index contributed by atoms with van der Waals surface area (Å²) in [7, 11) is 0. The average molecular weight is 470 g/mol. The van der Waals surface area contributed by atoms with E-state index in [1.807, 2.05) is 72.5 Å². The second-order valence-corrected chi connectivity index (χ2v) is 8.81. The second kappa shape index (κ2) is 10.6. The topological polar surface area (TPSA) is 56.6 Å². The molecule has 0 aliphatic carbocycles. The number of carbonyl (C=O) groups is 1. The van der Waals surface area contributed by atoms with Crippen LogP contribution in [-0.4, -0.2) is 46.7 Å². The Morgan fingerprint density at radius 2 is 1.60 bits per heavy atom. The van der Waals surface area contributed by atoms with Crippen molar-refractivity contribution >= 4 is 16.9 Å². The first-order valence-corrected chi connectivity index (χ1v) is 12.3. The zero-order valence-electron chi connectivity index (χ0n) is 20.1. The maximum absolute atomic E-state index is 12.9. The summed E-state index contributed by atoms with van der Waals surface area (Å²) in [5.41, 5.74) is 3.27. The number of benzene rings is 3. The number of rotatable bonds is 10. The molecule has 1 atom stereocenters. The van der Waals surface area contributed by atoms with Crippen LogP contribution in [0.1, 0.15) is 30.7 Å².